The van der Waals surface area contributed by atoms with Crippen LogP contribution >= 0.6 is 11.3 Å². The van der Waals surface area contributed by atoms with Crippen molar-refractivity contribution in [1.29, 1.82) is 0 Å². The first kappa shape index (κ1) is 18.3. The van der Waals surface area contributed by atoms with Crippen LogP contribution in [0, 0.1) is 6.92 Å². The molecule has 2 heterocycles. The van der Waals surface area contributed by atoms with Gasteiger partial charge in [-0.25, -0.2) is 4.98 Å². The molecule has 0 saturated carbocycles. The molecule has 1 aromatic heterocycles. The van der Waals surface area contributed by atoms with Crippen molar-refractivity contribution in [3.8, 4) is 0 Å². The zero-order chi connectivity index (χ0) is 18.7. The van der Waals surface area contributed by atoms with E-state index in [1.807, 2.05) is 25.3 Å². The highest BCUT2D eigenvalue weighted by atomic mass is 32.1. The molecular formula is C19H20N2O4S. The lowest BCUT2D eigenvalue weighted by molar-refractivity contribution is -0.145. The van der Waals surface area contributed by atoms with Crippen molar-refractivity contribution in [2.45, 2.75) is 39.7 Å². The van der Waals surface area contributed by atoms with E-state index in [0.29, 0.717) is 17.5 Å². The number of aromatic nitrogens is 1. The lowest BCUT2D eigenvalue weighted by atomic mass is 10.1. The van der Waals surface area contributed by atoms with E-state index in [2.05, 4.69) is 4.98 Å². The Morgan fingerprint density at radius 2 is 2.00 bits per heavy atom. The van der Waals surface area contributed by atoms with Gasteiger partial charge in [0.1, 0.15) is 6.61 Å². The van der Waals surface area contributed by atoms with E-state index >= 15 is 0 Å². The smallest absolute Gasteiger partial charge is 0.306 e. The minimum absolute atomic E-state index is 0.150. The summed E-state index contributed by atoms with van der Waals surface area (Å²) in [5, 5.41) is 2.89. The lowest BCUT2D eigenvalue weighted by Crippen LogP contribution is -2.31. The monoisotopic (exact) mass is 372 g/mol. The summed E-state index contributed by atoms with van der Waals surface area (Å²) in [6, 6.07) is 5.22. The number of esters is 1. The minimum atomic E-state index is -0.358. The van der Waals surface area contributed by atoms with E-state index in [9.17, 15) is 14.4 Å². The van der Waals surface area contributed by atoms with E-state index in [-0.39, 0.29) is 37.4 Å². The molecule has 0 aliphatic carbocycles. The summed E-state index contributed by atoms with van der Waals surface area (Å²) in [5.74, 6) is -0.951. The average Bonchev–Trinajstić information content (AvgIpc) is 3.18. The molecule has 1 aliphatic heterocycles. The first-order valence-corrected chi connectivity index (χ1v) is 9.43. The van der Waals surface area contributed by atoms with Crippen molar-refractivity contribution in [1.82, 2.24) is 9.88 Å². The molecule has 7 heteroatoms. The summed E-state index contributed by atoms with van der Waals surface area (Å²) in [6.45, 7) is 4.26. The predicted octanol–water partition coefficient (Wildman–Crippen LogP) is 3.13. The third-order valence-corrected chi connectivity index (χ3v) is 5.21. The number of carbonyl (C=O) groups is 3. The van der Waals surface area contributed by atoms with Crippen molar-refractivity contribution < 1.29 is 19.1 Å². The molecule has 0 saturated heterocycles. The van der Waals surface area contributed by atoms with Gasteiger partial charge in [0.05, 0.1) is 21.8 Å². The summed E-state index contributed by atoms with van der Waals surface area (Å²) in [5.41, 5.74) is 2.55. The van der Waals surface area contributed by atoms with Gasteiger partial charge in [-0.1, -0.05) is 18.6 Å². The van der Waals surface area contributed by atoms with Crippen LogP contribution in [-0.4, -0.2) is 34.2 Å². The molecule has 0 spiro atoms. The molecule has 3 rings (SSSR count). The number of thiazole rings is 1. The largest absolute Gasteiger partial charge is 0.459 e. The number of nitrogens with zero attached hydrogens (tertiary/aromatic N) is 2. The number of amides is 2. The van der Waals surface area contributed by atoms with E-state index in [0.717, 1.165) is 22.7 Å². The number of ether oxygens (including phenoxy) is 1. The molecule has 6 nitrogen and oxygen atoms in total. The van der Waals surface area contributed by atoms with Gasteiger partial charge in [0.2, 0.25) is 0 Å². The fourth-order valence-corrected chi connectivity index (χ4v) is 3.52. The molecule has 2 aromatic rings. The van der Waals surface area contributed by atoms with Gasteiger partial charge in [-0.05, 0) is 31.9 Å². The fraction of sp³-hybridized carbons (Fsp3) is 0.368. The van der Waals surface area contributed by atoms with Gasteiger partial charge in [0, 0.05) is 18.3 Å². The summed E-state index contributed by atoms with van der Waals surface area (Å²) in [6.07, 6.45) is 1.39. The van der Waals surface area contributed by atoms with Crippen LogP contribution in [0.4, 0.5) is 0 Å². The Hall–Kier alpha value is -2.54. The highest BCUT2D eigenvalue weighted by Crippen LogP contribution is 2.24. The molecule has 136 valence electrons. The van der Waals surface area contributed by atoms with Gasteiger partial charge in [-0.15, -0.1) is 11.3 Å². The zero-order valence-electron chi connectivity index (χ0n) is 14.8. The van der Waals surface area contributed by atoms with Crippen LogP contribution < -0.4 is 0 Å². The lowest BCUT2D eigenvalue weighted by Gasteiger charge is -2.13. The molecule has 0 radical (unpaired) electrons. The summed E-state index contributed by atoms with van der Waals surface area (Å²) >= 11 is 1.55. The Kier molecular flexibility index (Phi) is 5.46. The number of benzene rings is 1. The molecule has 2 amide bonds. The van der Waals surface area contributed by atoms with E-state index in [1.54, 1.807) is 23.5 Å². The van der Waals surface area contributed by atoms with Crippen LogP contribution in [0.25, 0.3) is 0 Å². The maximum Gasteiger partial charge on any atom is 0.306 e. The van der Waals surface area contributed by atoms with Crippen molar-refractivity contribution in [3.05, 3.63) is 51.0 Å². The SMILES string of the molecule is CCc1nc(COC(=O)CCCN2C(=O)c3ccc(C)cc3C2=O)cs1. The van der Waals surface area contributed by atoms with Gasteiger partial charge < -0.3 is 4.74 Å². The molecule has 0 bridgehead atoms. The number of rotatable bonds is 7. The van der Waals surface area contributed by atoms with Gasteiger partial charge in [-0.3, -0.25) is 19.3 Å². The zero-order valence-corrected chi connectivity index (χ0v) is 15.6. The van der Waals surface area contributed by atoms with Crippen LogP contribution in [0.5, 0.6) is 0 Å². The molecule has 26 heavy (non-hydrogen) atoms. The number of aryl methyl sites for hydroxylation is 2. The number of carbonyl (C=O) groups excluding carboxylic acids is 3. The molecule has 1 aliphatic rings. The number of hydrogen-bond acceptors (Lipinski definition) is 6. The fourth-order valence-electron chi connectivity index (χ4n) is 2.79. The number of fused-ring (bicyclic) bond motifs is 1. The van der Waals surface area contributed by atoms with Crippen LogP contribution in [-0.2, 0) is 22.6 Å². The van der Waals surface area contributed by atoms with E-state index in [4.69, 9.17) is 4.74 Å². The van der Waals surface area contributed by atoms with E-state index < -0.39 is 0 Å². The minimum Gasteiger partial charge on any atom is -0.459 e. The maximum absolute atomic E-state index is 12.4. The van der Waals surface area contributed by atoms with Crippen LogP contribution in [0.1, 0.15) is 56.7 Å². The molecule has 0 atom stereocenters. The van der Waals surface area contributed by atoms with Gasteiger partial charge in [0.25, 0.3) is 11.8 Å². The van der Waals surface area contributed by atoms with Crippen molar-refractivity contribution in [2.24, 2.45) is 0 Å². The topological polar surface area (TPSA) is 76.6 Å². The second-order valence-electron chi connectivity index (χ2n) is 6.16. The highest BCUT2D eigenvalue weighted by molar-refractivity contribution is 7.09. The molecular weight excluding hydrogens is 352 g/mol. The Labute approximate surface area is 155 Å². The molecule has 0 unspecified atom stereocenters. The summed E-state index contributed by atoms with van der Waals surface area (Å²) in [4.78, 5) is 42.1. The van der Waals surface area contributed by atoms with Gasteiger partial charge in [0.15, 0.2) is 0 Å². The predicted molar refractivity (Wildman–Crippen MR) is 97.1 cm³/mol. The normalized spacial score (nSPS) is 13.2. The Balaban J connectivity index is 1.47. The van der Waals surface area contributed by atoms with Gasteiger partial charge in [-0.2, -0.15) is 0 Å². The first-order valence-electron chi connectivity index (χ1n) is 8.55. The second kappa shape index (κ2) is 7.78. The quantitative estimate of drug-likeness (QED) is 0.551. The Morgan fingerprint density at radius 3 is 2.73 bits per heavy atom. The number of hydrogen-bond donors (Lipinski definition) is 0. The third kappa shape index (κ3) is 3.83. The second-order valence-corrected chi connectivity index (χ2v) is 7.10. The summed E-state index contributed by atoms with van der Waals surface area (Å²) in [7, 11) is 0. The van der Waals surface area contributed by atoms with Crippen LogP contribution in [0.15, 0.2) is 23.6 Å². The van der Waals surface area contributed by atoms with E-state index in [1.165, 1.54) is 4.90 Å². The third-order valence-electron chi connectivity index (χ3n) is 4.17. The molecule has 1 aromatic carbocycles. The Bertz CT molecular complexity index is 859. The Morgan fingerprint density at radius 1 is 1.23 bits per heavy atom. The van der Waals surface area contributed by atoms with Crippen LogP contribution in [0.2, 0.25) is 0 Å². The number of imide groups is 1. The van der Waals surface area contributed by atoms with Crippen molar-refractivity contribution in [3.63, 3.8) is 0 Å². The first-order chi connectivity index (χ1) is 12.5. The average molecular weight is 372 g/mol. The van der Waals surface area contributed by atoms with Crippen LogP contribution in [0.3, 0.4) is 0 Å². The summed E-state index contributed by atoms with van der Waals surface area (Å²) < 4.78 is 5.20. The molecule has 0 fully saturated rings. The van der Waals surface area contributed by atoms with Crippen molar-refractivity contribution >= 4 is 29.1 Å². The maximum atomic E-state index is 12.4. The standard InChI is InChI=1S/C19H20N2O4S/c1-3-16-20-13(11-26-16)10-25-17(22)5-4-8-21-18(23)14-7-6-12(2)9-15(14)19(21)24/h6-7,9,11H,3-5,8,10H2,1-2H3. The molecule has 0 N–H and O–H groups in total. The van der Waals surface area contributed by atoms with Crippen molar-refractivity contribution in [2.75, 3.05) is 6.54 Å². The highest BCUT2D eigenvalue weighted by Gasteiger charge is 2.34. The van der Waals surface area contributed by atoms with Gasteiger partial charge >= 0.3 is 5.97 Å².